The summed E-state index contributed by atoms with van der Waals surface area (Å²) in [4.78, 5) is 0. The molecule has 0 aromatic heterocycles. The Bertz CT molecular complexity index is 500. The second-order valence-electron chi connectivity index (χ2n) is 4.96. The molecule has 0 radical (unpaired) electrons. The largest absolute Gasteiger partial charge is 0.490 e. The number of ether oxygens (including phenoxy) is 1. The molecule has 3 nitrogen and oxygen atoms in total. The highest BCUT2D eigenvalue weighted by atomic mass is 79.9. The van der Waals surface area contributed by atoms with Crippen LogP contribution in [0.5, 0.6) is 5.75 Å². The van der Waals surface area contributed by atoms with Crippen molar-refractivity contribution in [2.45, 2.75) is 37.8 Å². The molecule has 0 bridgehead atoms. The Kier molecular flexibility index (Phi) is 3.75. The minimum Gasteiger partial charge on any atom is -0.490 e. The van der Waals surface area contributed by atoms with E-state index in [1.807, 2.05) is 6.07 Å². The molecular weight excluding hydrogens is 311 g/mol. The Balaban J connectivity index is 1.75. The van der Waals surface area contributed by atoms with E-state index in [0.717, 1.165) is 17.3 Å². The van der Waals surface area contributed by atoms with E-state index < -0.39 is 0 Å². The first-order valence-corrected chi connectivity index (χ1v) is 7.36. The predicted octanol–water partition coefficient (Wildman–Crippen LogP) is 3.53. The van der Waals surface area contributed by atoms with Crippen LogP contribution in [0.15, 0.2) is 28.9 Å². The van der Waals surface area contributed by atoms with Crippen LogP contribution in [0.25, 0.3) is 0 Å². The number of hydrogen-bond acceptors (Lipinski definition) is 3. The van der Waals surface area contributed by atoms with E-state index in [4.69, 9.17) is 4.74 Å². The van der Waals surface area contributed by atoms with Gasteiger partial charge in [-0.25, -0.2) is 9.82 Å². The topological polar surface area (TPSA) is 33.3 Å². The molecular formula is C14H16BrFN2O. The smallest absolute Gasteiger partial charge is 0.132 e. The number of hydrogen-bond donors (Lipinski definition) is 2. The molecule has 1 saturated carbocycles. The standard InChI is InChI=1S/C14H16BrFN2O/c15-12-8-17-18-14(12)11-6-5-10(7-13(11)16)19-9-3-1-2-4-9/h5-9,14,17-18H,1-4H2. The van der Waals surface area contributed by atoms with Gasteiger partial charge in [-0.05, 0) is 31.7 Å². The van der Waals surface area contributed by atoms with Gasteiger partial charge in [0.25, 0.3) is 0 Å². The summed E-state index contributed by atoms with van der Waals surface area (Å²) in [7, 11) is 0. The molecule has 1 aromatic rings. The summed E-state index contributed by atoms with van der Waals surface area (Å²) in [6.45, 7) is 0. The molecule has 102 valence electrons. The van der Waals surface area contributed by atoms with Crippen LogP contribution in [-0.4, -0.2) is 6.10 Å². The molecule has 0 spiro atoms. The van der Waals surface area contributed by atoms with E-state index in [9.17, 15) is 4.39 Å². The monoisotopic (exact) mass is 326 g/mol. The fourth-order valence-electron chi connectivity index (χ4n) is 2.59. The zero-order valence-corrected chi connectivity index (χ0v) is 12.0. The highest BCUT2D eigenvalue weighted by Gasteiger charge is 2.23. The first-order valence-electron chi connectivity index (χ1n) is 6.57. The summed E-state index contributed by atoms with van der Waals surface area (Å²) in [5.74, 6) is 0.376. The van der Waals surface area contributed by atoms with Crippen molar-refractivity contribution < 1.29 is 9.13 Å². The van der Waals surface area contributed by atoms with Gasteiger partial charge in [0, 0.05) is 22.3 Å². The highest BCUT2D eigenvalue weighted by molar-refractivity contribution is 9.11. The SMILES string of the molecule is Fc1cc(OC2CCCC2)ccc1C1NNC=C1Br. The van der Waals surface area contributed by atoms with Crippen LogP contribution >= 0.6 is 15.9 Å². The molecule has 19 heavy (non-hydrogen) atoms. The van der Waals surface area contributed by atoms with E-state index in [-0.39, 0.29) is 18.0 Å². The number of hydrazine groups is 1. The van der Waals surface area contributed by atoms with Gasteiger partial charge in [-0.15, -0.1) is 0 Å². The lowest BCUT2D eigenvalue weighted by atomic mass is 10.1. The molecule has 5 heteroatoms. The molecule has 1 fully saturated rings. The first-order chi connectivity index (χ1) is 9.24. The van der Waals surface area contributed by atoms with Gasteiger partial charge in [-0.3, -0.25) is 0 Å². The average molecular weight is 327 g/mol. The van der Waals surface area contributed by atoms with Gasteiger partial charge >= 0.3 is 0 Å². The average Bonchev–Trinajstić information content (AvgIpc) is 3.02. The summed E-state index contributed by atoms with van der Waals surface area (Å²) < 4.78 is 20.8. The summed E-state index contributed by atoms with van der Waals surface area (Å²) in [6.07, 6.45) is 6.59. The van der Waals surface area contributed by atoms with Gasteiger partial charge in [0.2, 0.25) is 0 Å². The molecule has 0 amide bonds. The molecule has 1 aliphatic carbocycles. The van der Waals surface area contributed by atoms with E-state index >= 15 is 0 Å². The second-order valence-corrected chi connectivity index (χ2v) is 5.87. The fraction of sp³-hybridized carbons (Fsp3) is 0.429. The number of benzene rings is 1. The van der Waals surface area contributed by atoms with Crippen LogP contribution in [0.3, 0.4) is 0 Å². The third-order valence-electron chi connectivity index (χ3n) is 3.60. The lowest BCUT2D eigenvalue weighted by Gasteiger charge is -2.16. The molecule has 1 aliphatic heterocycles. The summed E-state index contributed by atoms with van der Waals surface area (Å²) >= 11 is 3.40. The van der Waals surface area contributed by atoms with Crippen molar-refractivity contribution in [2.75, 3.05) is 0 Å². The van der Waals surface area contributed by atoms with Gasteiger partial charge in [0.1, 0.15) is 11.6 Å². The maximum atomic E-state index is 14.2. The maximum absolute atomic E-state index is 14.2. The van der Waals surface area contributed by atoms with Gasteiger partial charge < -0.3 is 10.2 Å². The quantitative estimate of drug-likeness (QED) is 0.891. The second kappa shape index (κ2) is 5.51. The summed E-state index contributed by atoms with van der Waals surface area (Å²) in [5.41, 5.74) is 6.45. The molecule has 1 heterocycles. The van der Waals surface area contributed by atoms with Crippen molar-refractivity contribution in [3.63, 3.8) is 0 Å². The molecule has 2 N–H and O–H groups in total. The van der Waals surface area contributed by atoms with Gasteiger partial charge in [-0.2, -0.15) is 0 Å². The van der Waals surface area contributed by atoms with Gasteiger partial charge in [0.05, 0.1) is 12.1 Å². The van der Waals surface area contributed by atoms with Crippen molar-refractivity contribution in [1.29, 1.82) is 0 Å². The first kappa shape index (κ1) is 12.9. The third-order valence-corrected chi connectivity index (χ3v) is 4.29. The van der Waals surface area contributed by atoms with E-state index in [2.05, 4.69) is 26.8 Å². The van der Waals surface area contributed by atoms with Crippen molar-refractivity contribution in [3.8, 4) is 5.75 Å². The number of rotatable bonds is 3. The number of halogens is 2. The molecule has 1 unspecified atom stereocenters. The Labute approximate surface area is 120 Å². The van der Waals surface area contributed by atoms with Crippen molar-refractivity contribution in [1.82, 2.24) is 10.9 Å². The van der Waals surface area contributed by atoms with Crippen molar-refractivity contribution in [2.24, 2.45) is 0 Å². The van der Waals surface area contributed by atoms with Crippen LogP contribution in [0, 0.1) is 5.82 Å². The third kappa shape index (κ3) is 2.77. The summed E-state index contributed by atoms with van der Waals surface area (Å²) in [5, 5.41) is 0. The van der Waals surface area contributed by atoms with Crippen molar-refractivity contribution in [3.05, 3.63) is 40.3 Å². The lowest BCUT2D eigenvalue weighted by Crippen LogP contribution is -2.25. The van der Waals surface area contributed by atoms with Crippen LogP contribution < -0.4 is 15.6 Å². The Morgan fingerprint density at radius 3 is 2.68 bits per heavy atom. The fourth-order valence-corrected chi connectivity index (χ4v) is 3.06. The molecule has 0 saturated heterocycles. The molecule has 1 atom stereocenters. The Morgan fingerprint density at radius 1 is 1.26 bits per heavy atom. The zero-order valence-electron chi connectivity index (χ0n) is 10.5. The molecule has 1 aromatic carbocycles. The Morgan fingerprint density at radius 2 is 2.05 bits per heavy atom. The zero-order chi connectivity index (χ0) is 13.2. The summed E-state index contributed by atoms with van der Waals surface area (Å²) in [6, 6.07) is 4.92. The minimum atomic E-state index is -0.248. The lowest BCUT2D eigenvalue weighted by molar-refractivity contribution is 0.209. The Hall–Kier alpha value is -1.07. The van der Waals surface area contributed by atoms with E-state index in [0.29, 0.717) is 11.3 Å². The maximum Gasteiger partial charge on any atom is 0.132 e. The van der Waals surface area contributed by atoms with E-state index in [1.54, 1.807) is 12.3 Å². The van der Waals surface area contributed by atoms with E-state index in [1.165, 1.54) is 18.9 Å². The molecule has 3 rings (SSSR count). The normalized spacial score (nSPS) is 23.3. The number of nitrogens with one attached hydrogen (secondary N) is 2. The predicted molar refractivity (Wildman–Crippen MR) is 75.3 cm³/mol. The minimum absolute atomic E-state index is 0.180. The highest BCUT2D eigenvalue weighted by Crippen LogP contribution is 2.32. The van der Waals surface area contributed by atoms with Gasteiger partial charge in [0.15, 0.2) is 0 Å². The van der Waals surface area contributed by atoms with Crippen molar-refractivity contribution >= 4 is 15.9 Å². The molecule has 2 aliphatic rings. The van der Waals surface area contributed by atoms with Crippen LogP contribution in [-0.2, 0) is 0 Å². The van der Waals surface area contributed by atoms with Gasteiger partial charge in [-0.1, -0.05) is 22.0 Å². The van der Waals surface area contributed by atoms with Crippen LogP contribution in [0.2, 0.25) is 0 Å². The van der Waals surface area contributed by atoms with Crippen LogP contribution in [0.4, 0.5) is 4.39 Å². The van der Waals surface area contributed by atoms with Crippen LogP contribution in [0.1, 0.15) is 37.3 Å².